The van der Waals surface area contributed by atoms with Crippen LogP contribution in [-0.4, -0.2) is 17.2 Å². The molecule has 0 aliphatic heterocycles. The Morgan fingerprint density at radius 2 is 1.62 bits per heavy atom. The van der Waals surface area contributed by atoms with Gasteiger partial charge in [0.2, 0.25) is 0 Å². The van der Waals surface area contributed by atoms with Crippen molar-refractivity contribution in [3.05, 3.63) is 100 Å². The van der Waals surface area contributed by atoms with Crippen molar-refractivity contribution >= 4 is 17.7 Å². The largest absolute Gasteiger partial charge is 0.441 e. The lowest BCUT2D eigenvalue weighted by Crippen LogP contribution is -2.17. The first-order valence-corrected chi connectivity index (χ1v) is 11.7. The molecule has 0 saturated heterocycles. The fourth-order valence-corrected chi connectivity index (χ4v) is 3.88. The summed E-state index contributed by atoms with van der Waals surface area (Å²) < 4.78 is 49.8. The van der Waals surface area contributed by atoms with Crippen LogP contribution >= 0.6 is 0 Å². The van der Waals surface area contributed by atoms with Crippen LogP contribution in [0.25, 0.3) is 22.5 Å². The van der Waals surface area contributed by atoms with Gasteiger partial charge >= 0.3 is 12.3 Å². The first-order valence-electron chi connectivity index (χ1n) is 11.7. The van der Waals surface area contributed by atoms with Crippen LogP contribution in [-0.2, 0) is 22.1 Å². The van der Waals surface area contributed by atoms with Gasteiger partial charge in [-0.1, -0.05) is 65.8 Å². The Balaban J connectivity index is 1.46. The Labute approximate surface area is 220 Å². The predicted octanol–water partition coefficient (Wildman–Crippen LogP) is 7.48. The highest BCUT2D eigenvalue weighted by atomic mass is 19.4. The maximum absolute atomic E-state index is 13.0. The lowest BCUT2D eigenvalue weighted by atomic mass is 10.0. The van der Waals surface area contributed by atoms with Crippen molar-refractivity contribution in [2.45, 2.75) is 32.5 Å². The average molecular weight is 537 g/mol. The number of aryl methyl sites for hydroxylation is 1. The van der Waals surface area contributed by atoms with Crippen LogP contribution < -0.4 is 5.32 Å². The summed E-state index contributed by atoms with van der Waals surface area (Å²) in [6.07, 6.45) is -6.41. The lowest BCUT2D eigenvalue weighted by Gasteiger charge is -2.16. The predicted molar refractivity (Wildman–Crippen MR) is 137 cm³/mol. The third-order valence-corrected chi connectivity index (χ3v) is 5.95. The highest BCUT2D eigenvalue weighted by molar-refractivity contribution is 5.91. The van der Waals surface area contributed by atoms with Crippen molar-refractivity contribution < 1.29 is 32.0 Å². The van der Waals surface area contributed by atoms with Crippen LogP contribution in [0.5, 0.6) is 0 Å². The van der Waals surface area contributed by atoms with E-state index < -0.39 is 29.8 Å². The molecule has 3 aromatic carbocycles. The minimum absolute atomic E-state index is 0.0650. The molecular weight excluding hydrogens is 515 g/mol. The van der Waals surface area contributed by atoms with Crippen molar-refractivity contribution in [1.29, 1.82) is 0 Å². The van der Waals surface area contributed by atoms with Gasteiger partial charge in [-0.3, -0.25) is 10.1 Å². The number of carbonyl (C=O) groups excluding carboxylic acids is 2. The molecule has 0 saturated carbocycles. The van der Waals surface area contributed by atoms with Gasteiger partial charge < -0.3 is 9.26 Å². The molecule has 0 fully saturated rings. The molecule has 11 heteroatoms. The molecule has 0 radical (unpaired) electrons. The summed E-state index contributed by atoms with van der Waals surface area (Å²) in [4.78, 5) is 34.1. The van der Waals surface area contributed by atoms with Gasteiger partial charge in [-0.05, 0) is 48.2 Å². The van der Waals surface area contributed by atoms with E-state index in [1.165, 1.54) is 19.1 Å². The zero-order valence-corrected chi connectivity index (χ0v) is 20.8. The van der Waals surface area contributed by atoms with Gasteiger partial charge in [-0.2, -0.15) is 13.2 Å². The molecule has 0 aliphatic carbocycles. The zero-order chi connectivity index (χ0) is 28.2. The smallest absolute Gasteiger partial charge is 0.416 e. The number of carbonyl (C=O) groups is 2. The van der Waals surface area contributed by atoms with Crippen LogP contribution in [0.2, 0.25) is 0 Å². The summed E-state index contributed by atoms with van der Waals surface area (Å²) in [7, 11) is 0. The number of nitroso groups, excluding NO2 is 1. The number of benzene rings is 3. The summed E-state index contributed by atoms with van der Waals surface area (Å²) in [5, 5.41) is 8.89. The van der Waals surface area contributed by atoms with Gasteiger partial charge in [0.05, 0.1) is 12.0 Å². The van der Waals surface area contributed by atoms with Gasteiger partial charge in [-0.15, -0.1) is 4.91 Å². The summed E-state index contributed by atoms with van der Waals surface area (Å²) >= 11 is 0. The molecule has 1 aromatic heterocycles. The number of nitrogens with zero attached hydrogens (tertiary/aromatic N) is 2. The average Bonchev–Trinajstić information content (AvgIpc) is 3.28. The zero-order valence-electron chi connectivity index (χ0n) is 20.8. The molecular formula is C28H22F3N3O5. The third-order valence-electron chi connectivity index (χ3n) is 5.95. The molecule has 0 spiro atoms. The Hall–Kier alpha value is -4.80. The van der Waals surface area contributed by atoms with Crippen LogP contribution in [0.3, 0.4) is 0 Å². The second-order valence-corrected chi connectivity index (χ2v) is 8.70. The number of hydrogen-bond donors (Lipinski definition) is 1. The highest BCUT2D eigenvalue weighted by Crippen LogP contribution is 2.34. The monoisotopic (exact) mass is 537 g/mol. The number of anilines is 1. The lowest BCUT2D eigenvalue weighted by molar-refractivity contribution is -0.137. The maximum Gasteiger partial charge on any atom is 0.416 e. The Kier molecular flexibility index (Phi) is 7.89. The van der Waals surface area contributed by atoms with E-state index in [9.17, 15) is 27.7 Å². The number of amides is 2. The molecule has 2 amide bonds. The molecule has 1 atom stereocenters. The molecule has 1 unspecified atom stereocenters. The number of ether oxygens (including phenoxy) is 1. The van der Waals surface area contributed by atoms with E-state index in [-0.39, 0.29) is 23.4 Å². The number of rotatable bonds is 7. The minimum atomic E-state index is -4.51. The van der Waals surface area contributed by atoms with E-state index in [4.69, 9.17) is 9.26 Å². The second kappa shape index (κ2) is 11.3. The minimum Gasteiger partial charge on any atom is -0.441 e. The second-order valence-electron chi connectivity index (χ2n) is 8.70. The molecule has 0 bridgehead atoms. The van der Waals surface area contributed by atoms with Crippen molar-refractivity contribution in [3.8, 4) is 22.5 Å². The van der Waals surface area contributed by atoms with E-state index in [0.29, 0.717) is 16.8 Å². The number of aromatic nitrogens is 1. The normalized spacial score (nSPS) is 12.0. The molecule has 39 heavy (non-hydrogen) atoms. The molecule has 1 N–H and O–H groups in total. The van der Waals surface area contributed by atoms with Crippen LogP contribution in [0.15, 0.2) is 82.5 Å². The quantitative estimate of drug-likeness (QED) is 0.245. The number of halogens is 3. The standard InChI is InChI=1S/C28H22F3N3O5/c1-16-25(32-27(36)38-17(2)22-4-3-5-23(15-22)28(29,30)31)26(39-34-16)21-12-10-20(11-13-21)19-8-6-18(7-9-19)14-24(35)33-37/h3-13,15,17H,14H2,1-2H3,(H,32,36). The summed E-state index contributed by atoms with van der Waals surface area (Å²) in [5.74, 6) is -0.467. The van der Waals surface area contributed by atoms with E-state index >= 15 is 0 Å². The molecule has 0 aliphatic rings. The molecule has 1 heterocycles. The van der Waals surface area contributed by atoms with Crippen LogP contribution in [0, 0.1) is 11.8 Å². The molecule has 8 nitrogen and oxygen atoms in total. The number of alkyl halides is 3. The summed E-state index contributed by atoms with van der Waals surface area (Å²) in [6, 6.07) is 18.9. The molecule has 4 rings (SSSR count). The van der Waals surface area contributed by atoms with E-state index in [0.717, 1.165) is 23.3 Å². The van der Waals surface area contributed by atoms with Crippen molar-refractivity contribution in [3.63, 3.8) is 0 Å². The molecule has 4 aromatic rings. The number of hydrogen-bond acceptors (Lipinski definition) is 6. The van der Waals surface area contributed by atoms with Gasteiger partial charge in [-0.25, -0.2) is 4.79 Å². The van der Waals surface area contributed by atoms with E-state index in [1.807, 2.05) is 24.3 Å². The van der Waals surface area contributed by atoms with Crippen molar-refractivity contribution in [1.82, 2.24) is 5.16 Å². The Bertz CT molecular complexity index is 1500. The highest BCUT2D eigenvalue weighted by Gasteiger charge is 2.31. The van der Waals surface area contributed by atoms with Crippen LogP contribution in [0.1, 0.15) is 35.4 Å². The fraction of sp³-hybridized carbons (Fsp3) is 0.179. The summed E-state index contributed by atoms with van der Waals surface area (Å²) in [5.41, 5.74) is 3.02. The fourth-order valence-electron chi connectivity index (χ4n) is 3.88. The SMILES string of the molecule is Cc1noc(-c2ccc(-c3ccc(CC(=O)N=O)cc3)cc2)c1NC(=O)OC(C)c1cccc(C(F)(F)F)c1. The Morgan fingerprint density at radius 3 is 2.23 bits per heavy atom. The van der Waals surface area contributed by atoms with Crippen molar-refractivity contribution in [2.24, 2.45) is 5.18 Å². The van der Waals surface area contributed by atoms with E-state index in [2.05, 4.69) is 15.7 Å². The van der Waals surface area contributed by atoms with Crippen molar-refractivity contribution in [2.75, 3.05) is 5.32 Å². The van der Waals surface area contributed by atoms with Crippen LogP contribution in [0.4, 0.5) is 23.7 Å². The van der Waals surface area contributed by atoms with Gasteiger partial charge in [0, 0.05) is 10.7 Å². The maximum atomic E-state index is 13.0. The Morgan fingerprint density at radius 1 is 1.00 bits per heavy atom. The third kappa shape index (κ3) is 6.56. The first kappa shape index (κ1) is 27.2. The summed E-state index contributed by atoms with van der Waals surface area (Å²) in [6.45, 7) is 3.10. The van der Waals surface area contributed by atoms with E-state index in [1.54, 1.807) is 31.2 Å². The topological polar surface area (TPSA) is 111 Å². The van der Waals surface area contributed by atoms with Gasteiger partial charge in [0.25, 0.3) is 5.91 Å². The molecule has 200 valence electrons. The van der Waals surface area contributed by atoms with Gasteiger partial charge in [0.15, 0.2) is 5.76 Å². The number of nitrogens with one attached hydrogen (secondary N) is 1. The first-order chi connectivity index (χ1) is 18.5. The van der Waals surface area contributed by atoms with Gasteiger partial charge in [0.1, 0.15) is 17.5 Å².